The van der Waals surface area contributed by atoms with E-state index in [-0.39, 0.29) is 0 Å². The van der Waals surface area contributed by atoms with Gasteiger partial charge in [-0.1, -0.05) is 66.2 Å². The number of nitrogens with one attached hydrogen (secondary N) is 1. The summed E-state index contributed by atoms with van der Waals surface area (Å²) in [6.07, 6.45) is 3.02. The number of benzene rings is 3. The largest absolute Gasteiger partial charge is 0.366 e. The Kier molecular flexibility index (Phi) is 6.67. The predicted molar refractivity (Wildman–Crippen MR) is 148 cm³/mol. The summed E-state index contributed by atoms with van der Waals surface area (Å²) in [5.74, 6) is 0.791. The molecule has 7 heteroatoms. The van der Waals surface area contributed by atoms with Crippen molar-refractivity contribution in [3.63, 3.8) is 0 Å². The number of hydrogen-bond acceptors (Lipinski definition) is 6. The first kappa shape index (κ1) is 23.9. The monoisotopic (exact) mass is 511 g/mol. The first-order chi connectivity index (χ1) is 17.4. The maximum absolute atomic E-state index is 11.9. The molecular weight excluding hydrogens is 486 g/mol. The van der Waals surface area contributed by atoms with Crippen LogP contribution < -0.4 is 5.32 Å². The predicted octanol–water partition coefficient (Wildman–Crippen LogP) is 6.86. The molecule has 5 nitrogen and oxygen atoms in total. The molecule has 0 atom stereocenters. The summed E-state index contributed by atoms with van der Waals surface area (Å²) in [7, 11) is -3.26. The third-order valence-electron chi connectivity index (χ3n) is 5.79. The number of thiazole rings is 1. The summed E-state index contributed by atoms with van der Waals surface area (Å²) in [6, 6.07) is 29.5. The molecule has 5 rings (SSSR count). The molecule has 0 amide bonds. The minimum Gasteiger partial charge on any atom is -0.366 e. The molecule has 0 spiro atoms. The van der Waals surface area contributed by atoms with Crippen molar-refractivity contribution in [3.05, 3.63) is 108 Å². The van der Waals surface area contributed by atoms with Gasteiger partial charge in [0, 0.05) is 30.1 Å². The van der Waals surface area contributed by atoms with Gasteiger partial charge in [0.2, 0.25) is 0 Å². The molecule has 2 heterocycles. The van der Waals surface area contributed by atoms with E-state index >= 15 is 0 Å². The maximum atomic E-state index is 11.9. The van der Waals surface area contributed by atoms with E-state index in [1.165, 1.54) is 11.8 Å². The molecule has 0 unspecified atom stereocenters. The molecule has 2 aromatic heterocycles. The third kappa shape index (κ3) is 5.37. The standard InChI is InChI=1S/C29H25N3O2S2/c1-20-7-6-10-23(17-20)27-28(35-29(32-27)22-11-13-25(14-12-22)36(2,33)34)24-15-16-30-26(18-24)31-19-21-8-4-3-5-9-21/h3-18H,19H2,1-2H3,(H,30,31). The summed E-state index contributed by atoms with van der Waals surface area (Å²) in [4.78, 5) is 10.9. The fourth-order valence-electron chi connectivity index (χ4n) is 3.93. The molecule has 0 saturated carbocycles. The Balaban J connectivity index is 1.54. The van der Waals surface area contributed by atoms with Gasteiger partial charge >= 0.3 is 0 Å². The molecular formula is C29H25N3O2S2. The first-order valence-electron chi connectivity index (χ1n) is 11.5. The lowest BCUT2D eigenvalue weighted by molar-refractivity contribution is 0.602. The zero-order valence-corrected chi connectivity index (χ0v) is 21.6. The Hall–Kier alpha value is -3.81. The van der Waals surface area contributed by atoms with Crippen molar-refractivity contribution in [3.8, 4) is 32.3 Å². The van der Waals surface area contributed by atoms with E-state index in [1.807, 2.05) is 54.7 Å². The van der Waals surface area contributed by atoms with Crippen LogP contribution in [0.25, 0.3) is 32.3 Å². The van der Waals surface area contributed by atoms with Gasteiger partial charge in [-0.3, -0.25) is 0 Å². The van der Waals surface area contributed by atoms with Gasteiger partial charge < -0.3 is 5.32 Å². The number of hydrogen-bond donors (Lipinski definition) is 1. The number of rotatable bonds is 7. The maximum Gasteiger partial charge on any atom is 0.175 e. The summed E-state index contributed by atoms with van der Waals surface area (Å²) < 4.78 is 23.8. The molecule has 0 fully saturated rings. The van der Waals surface area contributed by atoms with Gasteiger partial charge in [-0.15, -0.1) is 11.3 Å². The summed E-state index contributed by atoms with van der Waals surface area (Å²) in [6.45, 7) is 2.75. The number of anilines is 1. The van der Waals surface area contributed by atoms with Crippen molar-refractivity contribution in [2.45, 2.75) is 18.4 Å². The Morgan fingerprint density at radius 3 is 2.33 bits per heavy atom. The number of aryl methyl sites for hydroxylation is 1. The van der Waals surface area contributed by atoms with Crippen LogP contribution in [0, 0.1) is 6.92 Å². The Morgan fingerprint density at radius 1 is 0.833 bits per heavy atom. The second kappa shape index (κ2) is 10.0. The fourth-order valence-corrected chi connectivity index (χ4v) is 5.65. The molecule has 0 bridgehead atoms. The fraction of sp³-hybridized carbons (Fsp3) is 0.103. The Morgan fingerprint density at radius 2 is 1.61 bits per heavy atom. The van der Waals surface area contributed by atoms with Crippen molar-refractivity contribution in [1.29, 1.82) is 0 Å². The molecule has 0 aliphatic carbocycles. The highest BCUT2D eigenvalue weighted by atomic mass is 32.2. The van der Waals surface area contributed by atoms with Crippen LogP contribution in [0.4, 0.5) is 5.82 Å². The molecule has 1 N–H and O–H groups in total. The van der Waals surface area contributed by atoms with Crippen LogP contribution in [-0.4, -0.2) is 24.6 Å². The highest BCUT2D eigenvalue weighted by Crippen LogP contribution is 2.41. The normalized spacial score (nSPS) is 11.4. The van der Waals surface area contributed by atoms with E-state index in [0.29, 0.717) is 11.4 Å². The van der Waals surface area contributed by atoms with E-state index in [9.17, 15) is 8.42 Å². The second-order valence-corrected chi connectivity index (χ2v) is 11.6. The van der Waals surface area contributed by atoms with Crippen LogP contribution >= 0.6 is 11.3 Å². The van der Waals surface area contributed by atoms with Crippen molar-refractivity contribution in [2.24, 2.45) is 0 Å². The number of nitrogens with zero attached hydrogens (tertiary/aromatic N) is 2. The van der Waals surface area contributed by atoms with Gasteiger partial charge in [0.1, 0.15) is 10.8 Å². The van der Waals surface area contributed by atoms with E-state index in [4.69, 9.17) is 4.98 Å². The van der Waals surface area contributed by atoms with Crippen LogP contribution in [0.1, 0.15) is 11.1 Å². The average Bonchev–Trinajstić information content (AvgIpc) is 3.34. The number of sulfone groups is 1. The quantitative estimate of drug-likeness (QED) is 0.258. The van der Waals surface area contributed by atoms with E-state index in [1.54, 1.807) is 23.5 Å². The van der Waals surface area contributed by atoms with Crippen LogP contribution in [0.5, 0.6) is 0 Å². The van der Waals surface area contributed by atoms with Gasteiger partial charge in [0.15, 0.2) is 9.84 Å². The molecule has 180 valence electrons. The molecule has 5 aromatic rings. The van der Waals surface area contributed by atoms with Crippen molar-refractivity contribution < 1.29 is 8.42 Å². The van der Waals surface area contributed by atoms with Gasteiger partial charge in [-0.25, -0.2) is 18.4 Å². The van der Waals surface area contributed by atoms with Crippen molar-refractivity contribution in [1.82, 2.24) is 9.97 Å². The summed E-state index contributed by atoms with van der Waals surface area (Å²) >= 11 is 1.59. The minimum atomic E-state index is -3.26. The SMILES string of the molecule is Cc1cccc(-c2nc(-c3ccc(S(C)(=O)=O)cc3)sc2-c2ccnc(NCc3ccccc3)c2)c1. The van der Waals surface area contributed by atoms with Crippen LogP contribution in [-0.2, 0) is 16.4 Å². The first-order valence-corrected chi connectivity index (χ1v) is 14.2. The van der Waals surface area contributed by atoms with Crippen molar-refractivity contribution >= 4 is 27.0 Å². The third-order valence-corrected chi connectivity index (χ3v) is 8.07. The molecule has 0 radical (unpaired) electrons. The van der Waals surface area contributed by atoms with Crippen molar-refractivity contribution in [2.75, 3.05) is 11.6 Å². The highest BCUT2D eigenvalue weighted by Gasteiger charge is 2.17. The Bertz CT molecular complexity index is 1610. The van der Waals surface area contributed by atoms with Gasteiger partial charge in [0.05, 0.1) is 15.5 Å². The molecule has 0 aliphatic heterocycles. The van der Waals surface area contributed by atoms with Crippen LogP contribution in [0.2, 0.25) is 0 Å². The second-order valence-electron chi connectivity index (χ2n) is 8.63. The minimum absolute atomic E-state index is 0.296. The lowest BCUT2D eigenvalue weighted by atomic mass is 10.1. The van der Waals surface area contributed by atoms with E-state index in [2.05, 4.69) is 47.6 Å². The van der Waals surface area contributed by atoms with Crippen LogP contribution in [0.3, 0.4) is 0 Å². The number of pyridine rings is 1. The molecule has 0 aliphatic rings. The summed E-state index contributed by atoms with van der Waals surface area (Å²) in [5.41, 5.74) is 6.17. The topological polar surface area (TPSA) is 72.0 Å². The smallest absolute Gasteiger partial charge is 0.175 e. The average molecular weight is 512 g/mol. The molecule has 36 heavy (non-hydrogen) atoms. The van der Waals surface area contributed by atoms with Gasteiger partial charge in [0.25, 0.3) is 0 Å². The molecule has 0 saturated heterocycles. The van der Waals surface area contributed by atoms with Gasteiger partial charge in [-0.05, 0) is 48.4 Å². The van der Waals surface area contributed by atoms with Gasteiger partial charge in [-0.2, -0.15) is 0 Å². The Labute approximate surface area is 215 Å². The summed E-state index contributed by atoms with van der Waals surface area (Å²) in [5, 5.41) is 4.25. The highest BCUT2D eigenvalue weighted by molar-refractivity contribution is 7.90. The lowest BCUT2D eigenvalue weighted by Gasteiger charge is -2.08. The number of aromatic nitrogens is 2. The van der Waals surface area contributed by atoms with E-state index < -0.39 is 9.84 Å². The van der Waals surface area contributed by atoms with Crippen LogP contribution in [0.15, 0.2) is 102 Å². The zero-order chi connectivity index (χ0) is 25.1. The zero-order valence-electron chi connectivity index (χ0n) is 20.0. The van der Waals surface area contributed by atoms with E-state index in [0.717, 1.165) is 43.7 Å². The lowest BCUT2D eigenvalue weighted by Crippen LogP contribution is -2.01. The molecule has 3 aromatic carbocycles.